The third-order valence-electron chi connectivity index (χ3n) is 4.16. The number of aryl methyl sites for hydroxylation is 1. The SMILES string of the molecule is CCOC1(C(NN)c2cnnn2C)CCCC(C)C1. The summed E-state index contributed by atoms with van der Waals surface area (Å²) >= 11 is 0. The Labute approximate surface area is 114 Å². The van der Waals surface area contributed by atoms with Gasteiger partial charge in [-0.05, 0) is 25.7 Å². The lowest BCUT2D eigenvalue weighted by molar-refractivity contribution is -0.103. The Morgan fingerprint density at radius 1 is 1.68 bits per heavy atom. The van der Waals surface area contributed by atoms with Gasteiger partial charge < -0.3 is 4.74 Å². The number of nitrogens with one attached hydrogen (secondary N) is 1. The average Bonchev–Trinajstić information content (AvgIpc) is 2.77. The van der Waals surface area contributed by atoms with Gasteiger partial charge in [0, 0.05) is 13.7 Å². The number of ether oxygens (including phenoxy) is 1. The summed E-state index contributed by atoms with van der Waals surface area (Å²) in [5.74, 6) is 6.48. The Kier molecular flexibility index (Phi) is 4.54. The Hall–Kier alpha value is -0.980. The number of nitrogens with zero attached hydrogens (tertiary/aromatic N) is 3. The van der Waals surface area contributed by atoms with Gasteiger partial charge in [-0.25, -0.2) is 5.43 Å². The number of nitrogens with two attached hydrogens (primary N) is 1. The molecule has 1 aromatic rings. The molecule has 6 nitrogen and oxygen atoms in total. The number of hydrogen-bond acceptors (Lipinski definition) is 5. The molecule has 1 aliphatic carbocycles. The van der Waals surface area contributed by atoms with Gasteiger partial charge in [-0.3, -0.25) is 10.5 Å². The molecule has 1 saturated carbocycles. The maximum absolute atomic E-state index is 6.16. The van der Waals surface area contributed by atoms with E-state index in [4.69, 9.17) is 10.6 Å². The van der Waals surface area contributed by atoms with Crippen LogP contribution in [0.3, 0.4) is 0 Å². The lowest BCUT2D eigenvalue weighted by Gasteiger charge is -2.44. The first kappa shape index (κ1) is 14.4. The van der Waals surface area contributed by atoms with E-state index in [-0.39, 0.29) is 11.6 Å². The van der Waals surface area contributed by atoms with E-state index in [1.54, 1.807) is 10.9 Å². The van der Waals surface area contributed by atoms with Crippen LogP contribution in [0.15, 0.2) is 6.20 Å². The van der Waals surface area contributed by atoms with Crippen LogP contribution >= 0.6 is 0 Å². The first-order chi connectivity index (χ1) is 9.13. The van der Waals surface area contributed by atoms with Crippen molar-refractivity contribution in [1.29, 1.82) is 0 Å². The summed E-state index contributed by atoms with van der Waals surface area (Å²) in [4.78, 5) is 0. The van der Waals surface area contributed by atoms with Crippen molar-refractivity contribution in [2.45, 2.75) is 51.2 Å². The molecule has 3 N–H and O–H groups in total. The second-order valence-electron chi connectivity index (χ2n) is 5.58. The maximum Gasteiger partial charge on any atom is 0.0934 e. The largest absolute Gasteiger partial charge is 0.373 e. The predicted molar refractivity (Wildman–Crippen MR) is 73.1 cm³/mol. The molecule has 3 atom stereocenters. The van der Waals surface area contributed by atoms with Crippen LogP contribution in [0.2, 0.25) is 0 Å². The Morgan fingerprint density at radius 2 is 2.47 bits per heavy atom. The second-order valence-corrected chi connectivity index (χ2v) is 5.58. The molecule has 6 heteroatoms. The van der Waals surface area contributed by atoms with Gasteiger partial charge in [-0.15, -0.1) is 5.10 Å². The normalized spacial score (nSPS) is 29.4. The Morgan fingerprint density at radius 3 is 3.00 bits per heavy atom. The fourth-order valence-corrected chi connectivity index (χ4v) is 3.37. The first-order valence-corrected chi connectivity index (χ1v) is 7.07. The fraction of sp³-hybridized carbons (Fsp3) is 0.846. The summed E-state index contributed by atoms with van der Waals surface area (Å²) in [6.45, 7) is 5.01. The molecular formula is C13H25N5O. The summed E-state index contributed by atoms with van der Waals surface area (Å²) in [7, 11) is 1.89. The molecule has 19 heavy (non-hydrogen) atoms. The van der Waals surface area contributed by atoms with E-state index < -0.39 is 0 Å². The van der Waals surface area contributed by atoms with Crippen molar-refractivity contribution in [2.75, 3.05) is 6.61 Å². The quantitative estimate of drug-likeness (QED) is 0.621. The molecule has 0 bridgehead atoms. The van der Waals surface area contributed by atoms with Gasteiger partial charge >= 0.3 is 0 Å². The van der Waals surface area contributed by atoms with E-state index in [0.717, 1.165) is 18.5 Å². The number of aromatic nitrogens is 3. The smallest absolute Gasteiger partial charge is 0.0934 e. The minimum absolute atomic E-state index is 0.0739. The van der Waals surface area contributed by atoms with Crippen LogP contribution < -0.4 is 11.3 Å². The lowest BCUT2D eigenvalue weighted by atomic mass is 9.74. The molecule has 1 fully saturated rings. The molecule has 0 saturated heterocycles. The highest BCUT2D eigenvalue weighted by Crippen LogP contribution is 2.43. The number of rotatable bonds is 5. The van der Waals surface area contributed by atoms with Crippen LogP contribution in [0.1, 0.15) is 51.3 Å². The molecule has 0 radical (unpaired) electrons. The van der Waals surface area contributed by atoms with Crippen molar-refractivity contribution in [3.05, 3.63) is 11.9 Å². The molecule has 2 rings (SSSR count). The summed E-state index contributed by atoms with van der Waals surface area (Å²) in [5, 5.41) is 7.96. The topological polar surface area (TPSA) is 78.0 Å². The van der Waals surface area contributed by atoms with Crippen molar-refractivity contribution < 1.29 is 4.74 Å². The molecule has 0 spiro atoms. The van der Waals surface area contributed by atoms with Gasteiger partial charge in [0.2, 0.25) is 0 Å². The third-order valence-corrected chi connectivity index (χ3v) is 4.16. The van der Waals surface area contributed by atoms with Crippen molar-refractivity contribution in [2.24, 2.45) is 18.8 Å². The highest BCUT2D eigenvalue weighted by molar-refractivity contribution is 5.11. The van der Waals surface area contributed by atoms with Gasteiger partial charge in [0.25, 0.3) is 0 Å². The van der Waals surface area contributed by atoms with Gasteiger partial charge in [-0.2, -0.15) is 0 Å². The van der Waals surface area contributed by atoms with Crippen LogP contribution in [-0.2, 0) is 11.8 Å². The van der Waals surface area contributed by atoms with Crippen molar-refractivity contribution in [1.82, 2.24) is 20.4 Å². The molecule has 0 aliphatic heterocycles. The maximum atomic E-state index is 6.16. The van der Waals surface area contributed by atoms with E-state index in [1.807, 2.05) is 14.0 Å². The zero-order valence-corrected chi connectivity index (χ0v) is 12.1. The Bertz CT molecular complexity index is 403. The van der Waals surface area contributed by atoms with Crippen molar-refractivity contribution >= 4 is 0 Å². The molecule has 1 aliphatic rings. The van der Waals surface area contributed by atoms with Crippen LogP contribution in [-0.4, -0.2) is 27.2 Å². The highest BCUT2D eigenvalue weighted by atomic mass is 16.5. The third kappa shape index (κ3) is 2.80. The molecule has 1 aromatic heterocycles. The van der Waals surface area contributed by atoms with Crippen molar-refractivity contribution in [3.63, 3.8) is 0 Å². The summed E-state index contributed by atoms with van der Waals surface area (Å²) < 4.78 is 7.93. The zero-order valence-electron chi connectivity index (χ0n) is 12.1. The minimum atomic E-state index is -0.253. The van der Waals surface area contributed by atoms with E-state index in [0.29, 0.717) is 12.5 Å². The highest BCUT2D eigenvalue weighted by Gasteiger charge is 2.44. The standard InChI is InChI=1S/C13H25N5O/c1-4-19-13(7-5-6-10(2)8-13)12(16-14)11-9-15-17-18(11)3/h9-10,12,16H,4-8,14H2,1-3H3. The molecular weight excluding hydrogens is 242 g/mol. The monoisotopic (exact) mass is 267 g/mol. The molecule has 108 valence electrons. The molecule has 0 aromatic carbocycles. The summed E-state index contributed by atoms with van der Waals surface area (Å²) in [5.41, 5.74) is 3.66. The van der Waals surface area contributed by atoms with Crippen molar-refractivity contribution in [3.8, 4) is 0 Å². The zero-order chi connectivity index (χ0) is 13.9. The van der Waals surface area contributed by atoms with E-state index in [1.165, 1.54) is 12.8 Å². The van der Waals surface area contributed by atoms with Gasteiger partial charge in [0.15, 0.2) is 0 Å². The fourth-order valence-electron chi connectivity index (χ4n) is 3.37. The van der Waals surface area contributed by atoms with Crippen LogP contribution in [0.4, 0.5) is 0 Å². The molecule has 0 amide bonds. The predicted octanol–water partition coefficient (Wildman–Crippen LogP) is 1.30. The first-order valence-electron chi connectivity index (χ1n) is 7.07. The Balaban J connectivity index is 2.32. The molecule has 1 heterocycles. The average molecular weight is 267 g/mol. The van der Waals surface area contributed by atoms with E-state index in [2.05, 4.69) is 22.7 Å². The van der Waals surface area contributed by atoms with Crippen LogP contribution in [0.5, 0.6) is 0 Å². The number of hydrogen-bond donors (Lipinski definition) is 2. The second kappa shape index (κ2) is 5.98. The van der Waals surface area contributed by atoms with Gasteiger partial charge in [-0.1, -0.05) is 25.0 Å². The van der Waals surface area contributed by atoms with E-state index >= 15 is 0 Å². The lowest BCUT2D eigenvalue weighted by Crippen LogP contribution is -2.51. The van der Waals surface area contributed by atoms with Crippen LogP contribution in [0.25, 0.3) is 0 Å². The van der Waals surface area contributed by atoms with Gasteiger partial charge in [0.05, 0.1) is 23.5 Å². The summed E-state index contributed by atoms with van der Waals surface area (Å²) in [6.07, 6.45) is 6.23. The summed E-state index contributed by atoms with van der Waals surface area (Å²) in [6, 6.07) is -0.0739. The molecule has 3 unspecified atom stereocenters. The van der Waals surface area contributed by atoms with Gasteiger partial charge in [0.1, 0.15) is 0 Å². The van der Waals surface area contributed by atoms with E-state index in [9.17, 15) is 0 Å². The number of hydrazine groups is 1. The minimum Gasteiger partial charge on any atom is -0.373 e. The van der Waals surface area contributed by atoms with Crippen LogP contribution in [0, 0.1) is 5.92 Å².